The highest BCUT2D eigenvalue weighted by molar-refractivity contribution is 7.12. The Balaban J connectivity index is 2.53. The number of benzene rings is 1. The summed E-state index contributed by atoms with van der Waals surface area (Å²) in [7, 11) is 0. The van der Waals surface area contributed by atoms with Gasteiger partial charge in [-0.2, -0.15) is 0 Å². The van der Waals surface area contributed by atoms with Crippen LogP contribution in [0.2, 0.25) is 0 Å². The van der Waals surface area contributed by atoms with Gasteiger partial charge in [0.2, 0.25) is 0 Å². The van der Waals surface area contributed by atoms with Gasteiger partial charge in [-0.05, 0) is 12.1 Å². The molecule has 1 heterocycles. The van der Waals surface area contributed by atoms with Crippen molar-refractivity contribution < 1.29 is 8.78 Å². The molecule has 65 valence electrons. The van der Waals surface area contributed by atoms with Crippen LogP contribution in [0.4, 0.5) is 8.78 Å². The average molecular weight is 196 g/mol. The van der Waals surface area contributed by atoms with Gasteiger partial charge >= 0.3 is 0 Å². The first kappa shape index (κ1) is 8.31. The Morgan fingerprint density at radius 3 is 2.77 bits per heavy atom. The molecule has 0 N–H and O–H groups in total. The third kappa shape index (κ3) is 1.58. The molecule has 0 amide bonds. The van der Waals surface area contributed by atoms with Gasteiger partial charge in [0.05, 0.1) is 4.88 Å². The van der Waals surface area contributed by atoms with Crippen LogP contribution in [0.3, 0.4) is 0 Å². The van der Waals surface area contributed by atoms with Gasteiger partial charge in [-0.15, -0.1) is 11.3 Å². The van der Waals surface area contributed by atoms with Gasteiger partial charge in [-0.1, -0.05) is 0 Å². The van der Waals surface area contributed by atoms with E-state index in [1.54, 1.807) is 0 Å². The van der Waals surface area contributed by atoms with E-state index in [4.69, 9.17) is 0 Å². The summed E-state index contributed by atoms with van der Waals surface area (Å²) in [5.41, 5.74) is 2.96. The maximum absolute atomic E-state index is 13.1. The molecule has 1 aromatic heterocycles. The van der Waals surface area contributed by atoms with Crippen molar-refractivity contribution >= 4 is 11.3 Å². The van der Waals surface area contributed by atoms with E-state index in [0.29, 0.717) is 10.4 Å². The highest BCUT2D eigenvalue weighted by atomic mass is 32.1. The minimum Gasteiger partial charge on any atom is -0.241 e. The van der Waals surface area contributed by atoms with Gasteiger partial charge < -0.3 is 0 Å². The molecular weight excluding hydrogens is 192 g/mol. The molecule has 0 unspecified atom stereocenters. The van der Waals surface area contributed by atoms with E-state index in [9.17, 15) is 8.78 Å². The minimum atomic E-state index is -0.574. The second kappa shape index (κ2) is 3.22. The Labute approximate surface area is 77.7 Å². The lowest BCUT2D eigenvalue weighted by Gasteiger charge is -1.97. The molecule has 13 heavy (non-hydrogen) atoms. The summed E-state index contributed by atoms with van der Waals surface area (Å²) in [4.78, 5) is 4.35. The zero-order chi connectivity index (χ0) is 9.26. The van der Waals surface area contributed by atoms with E-state index < -0.39 is 11.6 Å². The smallest absolute Gasteiger partial charge is 0.152 e. The molecule has 0 fully saturated rings. The lowest BCUT2D eigenvalue weighted by molar-refractivity contribution is 0.586. The molecule has 0 aliphatic carbocycles. The molecule has 0 saturated heterocycles. The maximum Gasteiger partial charge on any atom is 0.152 e. The van der Waals surface area contributed by atoms with Gasteiger partial charge in [0.25, 0.3) is 0 Å². The number of hydrogen-bond donors (Lipinski definition) is 0. The van der Waals surface area contributed by atoms with Crippen molar-refractivity contribution in [3.63, 3.8) is 0 Å². The van der Waals surface area contributed by atoms with E-state index in [2.05, 4.69) is 10.5 Å². The number of aromatic nitrogens is 1. The van der Waals surface area contributed by atoms with Crippen LogP contribution in [0.1, 0.15) is 0 Å². The molecule has 0 spiro atoms. The van der Waals surface area contributed by atoms with Gasteiger partial charge in [0.15, 0.2) is 5.51 Å². The zero-order valence-corrected chi connectivity index (χ0v) is 7.24. The van der Waals surface area contributed by atoms with E-state index >= 15 is 0 Å². The predicted molar refractivity (Wildman–Crippen MR) is 46.3 cm³/mol. The number of thiazole rings is 1. The third-order valence-corrected chi connectivity index (χ3v) is 2.33. The first-order valence-corrected chi connectivity index (χ1v) is 4.36. The molecule has 0 saturated carbocycles. The summed E-state index contributed by atoms with van der Waals surface area (Å²) in [6, 6.07) is 3.47. The third-order valence-electron chi connectivity index (χ3n) is 1.59. The van der Waals surface area contributed by atoms with Crippen molar-refractivity contribution in [2.45, 2.75) is 0 Å². The van der Waals surface area contributed by atoms with Crippen LogP contribution in [0.25, 0.3) is 10.4 Å². The lowest BCUT2D eigenvalue weighted by atomic mass is 10.2. The van der Waals surface area contributed by atoms with Crippen LogP contribution in [-0.2, 0) is 0 Å². The summed E-state index contributed by atoms with van der Waals surface area (Å²) in [6.45, 7) is 0. The van der Waals surface area contributed by atoms with Crippen molar-refractivity contribution in [1.82, 2.24) is 4.98 Å². The second-order valence-corrected chi connectivity index (χ2v) is 3.27. The average Bonchev–Trinajstić information content (AvgIpc) is 2.56. The van der Waals surface area contributed by atoms with Crippen molar-refractivity contribution in [3.05, 3.63) is 41.5 Å². The molecule has 0 atom stereocenters. The maximum atomic E-state index is 13.1. The Morgan fingerprint density at radius 1 is 1.31 bits per heavy atom. The molecule has 0 aliphatic rings. The lowest BCUT2D eigenvalue weighted by Crippen LogP contribution is -1.83. The van der Waals surface area contributed by atoms with Gasteiger partial charge in [-0.25, -0.2) is 13.8 Å². The van der Waals surface area contributed by atoms with Crippen LogP contribution in [0.5, 0.6) is 0 Å². The SMILES string of the molecule is Fc1ccc(-c2cn[c]s2)c(F)c1. The topological polar surface area (TPSA) is 12.9 Å². The minimum absolute atomic E-state index is 0.361. The normalized spacial score (nSPS) is 10.3. The van der Waals surface area contributed by atoms with E-state index in [1.165, 1.54) is 29.7 Å². The molecule has 2 aromatic rings. The van der Waals surface area contributed by atoms with Crippen LogP contribution < -0.4 is 0 Å². The van der Waals surface area contributed by atoms with Crippen molar-refractivity contribution in [2.75, 3.05) is 0 Å². The fraction of sp³-hybridized carbons (Fsp3) is 0. The molecule has 0 bridgehead atoms. The quantitative estimate of drug-likeness (QED) is 0.683. The van der Waals surface area contributed by atoms with E-state index in [1.807, 2.05) is 0 Å². The van der Waals surface area contributed by atoms with Crippen LogP contribution >= 0.6 is 11.3 Å². The first-order chi connectivity index (χ1) is 6.27. The summed E-state index contributed by atoms with van der Waals surface area (Å²) in [5.74, 6) is -1.15. The number of halogens is 2. The summed E-state index contributed by atoms with van der Waals surface area (Å²) >= 11 is 1.20. The Kier molecular flexibility index (Phi) is 2.06. The highest BCUT2D eigenvalue weighted by Crippen LogP contribution is 2.25. The van der Waals surface area contributed by atoms with Gasteiger partial charge in [0, 0.05) is 17.8 Å². The molecule has 1 aromatic carbocycles. The number of rotatable bonds is 1. The highest BCUT2D eigenvalue weighted by Gasteiger charge is 2.06. The summed E-state index contributed by atoms with van der Waals surface area (Å²) in [5, 5.41) is 0. The van der Waals surface area contributed by atoms with E-state index in [-0.39, 0.29) is 0 Å². The Hall–Kier alpha value is -1.29. The fourth-order valence-corrected chi connectivity index (χ4v) is 1.59. The van der Waals surface area contributed by atoms with Crippen molar-refractivity contribution in [2.24, 2.45) is 0 Å². The van der Waals surface area contributed by atoms with Crippen molar-refractivity contribution in [1.29, 1.82) is 0 Å². The molecule has 1 nitrogen and oxygen atoms in total. The monoisotopic (exact) mass is 196 g/mol. The molecule has 1 radical (unpaired) electrons. The van der Waals surface area contributed by atoms with Crippen LogP contribution in [0.15, 0.2) is 24.4 Å². The number of nitrogens with zero attached hydrogens (tertiary/aromatic N) is 1. The second-order valence-electron chi connectivity index (χ2n) is 2.44. The first-order valence-electron chi connectivity index (χ1n) is 3.54. The standard InChI is InChI=1S/C9H4F2NS/c10-6-1-2-7(8(11)3-6)9-4-12-5-13-9/h1-4H. The van der Waals surface area contributed by atoms with Crippen LogP contribution in [0, 0.1) is 17.1 Å². The molecule has 2 rings (SSSR count). The summed E-state index contributed by atoms with van der Waals surface area (Å²) in [6.07, 6.45) is 1.50. The van der Waals surface area contributed by atoms with Crippen LogP contribution in [-0.4, -0.2) is 4.98 Å². The zero-order valence-electron chi connectivity index (χ0n) is 6.42. The molecular formula is C9H4F2NS. The molecule has 0 aliphatic heterocycles. The number of hydrogen-bond acceptors (Lipinski definition) is 2. The molecule has 4 heteroatoms. The summed E-state index contributed by atoms with van der Waals surface area (Å²) < 4.78 is 25.7. The van der Waals surface area contributed by atoms with Gasteiger partial charge in [0.1, 0.15) is 11.6 Å². The largest absolute Gasteiger partial charge is 0.241 e. The fourth-order valence-electron chi connectivity index (χ4n) is 1.00. The van der Waals surface area contributed by atoms with Crippen molar-refractivity contribution in [3.8, 4) is 10.4 Å². The van der Waals surface area contributed by atoms with Gasteiger partial charge in [-0.3, -0.25) is 0 Å². The van der Waals surface area contributed by atoms with E-state index in [0.717, 1.165) is 6.07 Å². The predicted octanol–water partition coefficient (Wildman–Crippen LogP) is 2.89. The Bertz CT molecular complexity index is 412. The Morgan fingerprint density at radius 2 is 2.15 bits per heavy atom.